The second-order valence-corrected chi connectivity index (χ2v) is 4.80. The van der Waals surface area contributed by atoms with Gasteiger partial charge in [0.15, 0.2) is 5.15 Å². The molecule has 0 atom stereocenters. The fraction of sp³-hybridized carbons (Fsp3) is 0.0909. The summed E-state index contributed by atoms with van der Waals surface area (Å²) in [7, 11) is 0. The number of nitrogens with zero attached hydrogens (tertiary/aromatic N) is 3. The van der Waals surface area contributed by atoms with Gasteiger partial charge >= 0.3 is 0 Å². The van der Waals surface area contributed by atoms with Crippen LogP contribution in [0.3, 0.4) is 0 Å². The quantitative estimate of drug-likeness (QED) is 0.874. The van der Waals surface area contributed by atoms with Crippen LogP contribution in [0.25, 0.3) is 0 Å². The highest BCUT2D eigenvalue weighted by Crippen LogP contribution is 2.17. The number of carbonyl (C=O) groups is 1. The van der Waals surface area contributed by atoms with Crippen molar-refractivity contribution in [1.29, 1.82) is 0 Å². The monoisotopic (exact) mass is 332 g/mol. The van der Waals surface area contributed by atoms with Crippen LogP contribution in [0.15, 0.2) is 29.3 Å². The van der Waals surface area contributed by atoms with Crippen LogP contribution >= 0.6 is 34.8 Å². The molecule has 0 aromatic carbocycles. The summed E-state index contributed by atoms with van der Waals surface area (Å²) in [4.78, 5) is 27.3. The zero-order valence-electron chi connectivity index (χ0n) is 9.81. The summed E-state index contributed by atoms with van der Waals surface area (Å²) in [6.07, 6.45) is 2.68. The Balaban J connectivity index is 2.15. The molecule has 0 spiro atoms. The first-order valence-corrected chi connectivity index (χ1v) is 6.44. The molecule has 1 amide bonds. The number of rotatable bonds is 3. The molecule has 0 aliphatic carbocycles. The van der Waals surface area contributed by atoms with E-state index in [0.717, 1.165) is 4.68 Å². The van der Waals surface area contributed by atoms with Crippen molar-refractivity contribution in [2.75, 3.05) is 5.32 Å². The molecule has 0 bridgehead atoms. The van der Waals surface area contributed by atoms with Crippen molar-refractivity contribution < 1.29 is 4.79 Å². The lowest BCUT2D eigenvalue weighted by Crippen LogP contribution is -2.29. The Morgan fingerprint density at radius 1 is 1.35 bits per heavy atom. The molecule has 2 rings (SSSR count). The largest absolute Gasteiger partial charge is 0.322 e. The molecule has 0 saturated carbocycles. The van der Waals surface area contributed by atoms with Gasteiger partial charge in [-0.15, -0.1) is 0 Å². The van der Waals surface area contributed by atoms with Gasteiger partial charge in [0, 0.05) is 6.20 Å². The second-order valence-electron chi connectivity index (χ2n) is 3.66. The van der Waals surface area contributed by atoms with Gasteiger partial charge in [-0.25, -0.2) is 9.67 Å². The number of hydrogen-bond acceptors (Lipinski definition) is 4. The van der Waals surface area contributed by atoms with Gasteiger partial charge < -0.3 is 5.32 Å². The zero-order valence-corrected chi connectivity index (χ0v) is 12.1. The third-order valence-corrected chi connectivity index (χ3v) is 3.32. The predicted molar refractivity (Wildman–Crippen MR) is 76.4 cm³/mol. The van der Waals surface area contributed by atoms with Crippen LogP contribution in [0.5, 0.6) is 0 Å². The van der Waals surface area contributed by atoms with Crippen LogP contribution < -0.4 is 10.9 Å². The van der Waals surface area contributed by atoms with Gasteiger partial charge in [-0.05, 0) is 12.1 Å². The number of nitrogens with one attached hydrogen (secondary N) is 1. The van der Waals surface area contributed by atoms with Crippen molar-refractivity contribution in [2.45, 2.75) is 6.54 Å². The minimum atomic E-state index is -0.647. The lowest BCUT2D eigenvalue weighted by molar-refractivity contribution is -0.117. The Labute approximate surface area is 128 Å². The smallest absolute Gasteiger partial charge is 0.287 e. The number of hydrogen-bond donors (Lipinski definition) is 1. The first-order chi connectivity index (χ1) is 9.49. The predicted octanol–water partition coefficient (Wildman–Crippen LogP) is 2.24. The Morgan fingerprint density at radius 2 is 2.10 bits per heavy atom. The van der Waals surface area contributed by atoms with Gasteiger partial charge in [-0.3, -0.25) is 9.59 Å². The van der Waals surface area contributed by atoms with E-state index in [9.17, 15) is 9.59 Å². The van der Waals surface area contributed by atoms with Crippen molar-refractivity contribution in [2.24, 2.45) is 0 Å². The maximum absolute atomic E-state index is 11.8. The molecular weight excluding hydrogens is 327 g/mol. The number of carbonyl (C=O) groups excluding carboxylic acids is 1. The van der Waals surface area contributed by atoms with E-state index in [4.69, 9.17) is 34.8 Å². The van der Waals surface area contributed by atoms with Crippen LogP contribution in [0.1, 0.15) is 0 Å². The molecule has 2 aromatic rings. The van der Waals surface area contributed by atoms with E-state index in [0.29, 0.717) is 5.69 Å². The van der Waals surface area contributed by atoms with Crippen LogP contribution in [-0.4, -0.2) is 20.7 Å². The molecule has 0 fully saturated rings. The van der Waals surface area contributed by atoms with Gasteiger partial charge in [0.1, 0.15) is 11.6 Å². The standard InChI is InChI=1S/C11H7Cl3N4O2/c12-6-4-16-18(11(20)9(6)13)5-8(19)17-7-2-1-3-15-10(7)14/h1-4H,5H2,(H,17,19). The van der Waals surface area contributed by atoms with Crippen molar-refractivity contribution in [3.05, 3.63) is 50.1 Å². The van der Waals surface area contributed by atoms with Crippen molar-refractivity contribution in [1.82, 2.24) is 14.8 Å². The average molecular weight is 334 g/mol. The van der Waals surface area contributed by atoms with Crippen LogP contribution in [0, 0.1) is 0 Å². The minimum absolute atomic E-state index is 0.0311. The third kappa shape index (κ3) is 3.27. The maximum atomic E-state index is 11.8. The molecule has 6 nitrogen and oxygen atoms in total. The van der Waals surface area contributed by atoms with Crippen molar-refractivity contribution >= 4 is 46.4 Å². The number of amides is 1. The van der Waals surface area contributed by atoms with Gasteiger partial charge in [-0.2, -0.15) is 5.10 Å². The van der Waals surface area contributed by atoms with Crippen molar-refractivity contribution in [3.63, 3.8) is 0 Å². The summed E-state index contributed by atoms with van der Waals surface area (Å²) in [5, 5.41) is 6.23. The number of pyridine rings is 1. The first kappa shape index (κ1) is 14.8. The Morgan fingerprint density at radius 3 is 2.80 bits per heavy atom. The van der Waals surface area contributed by atoms with Gasteiger partial charge in [0.25, 0.3) is 5.56 Å². The Hall–Kier alpha value is -1.63. The Bertz CT molecular complexity index is 717. The SMILES string of the molecule is O=C(Cn1ncc(Cl)c(Cl)c1=O)Nc1cccnc1Cl. The summed E-state index contributed by atoms with van der Waals surface area (Å²) < 4.78 is 0.897. The van der Waals surface area contributed by atoms with Crippen LogP contribution in [0.4, 0.5) is 5.69 Å². The van der Waals surface area contributed by atoms with Gasteiger partial charge in [0.2, 0.25) is 5.91 Å². The summed E-state index contributed by atoms with van der Waals surface area (Å²) in [5.74, 6) is -0.493. The highest BCUT2D eigenvalue weighted by atomic mass is 35.5. The molecule has 9 heteroatoms. The topological polar surface area (TPSA) is 76.9 Å². The van der Waals surface area contributed by atoms with Gasteiger partial charge in [-0.1, -0.05) is 34.8 Å². The maximum Gasteiger partial charge on any atom is 0.287 e. The van der Waals surface area contributed by atoms with E-state index >= 15 is 0 Å². The molecule has 104 valence electrons. The fourth-order valence-corrected chi connectivity index (χ4v) is 1.80. The summed E-state index contributed by atoms with van der Waals surface area (Å²) in [6.45, 7) is -0.319. The van der Waals surface area contributed by atoms with E-state index in [-0.39, 0.29) is 21.7 Å². The number of aromatic nitrogens is 3. The minimum Gasteiger partial charge on any atom is -0.322 e. The molecular formula is C11H7Cl3N4O2. The van der Waals surface area contributed by atoms with E-state index < -0.39 is 11.5 Å². The number of anilines is 1. The fourth-order valence-electron chi connectivity index (χ4n) is 1.36. The third-order valence-electron chi connectivity index (χ3n) is 2.27. The van der Waals surface area contributed by atoms with Crippen LogP contribution in [-0.2, 0) is 11.3 Å². The molecule has 0 aliphatic heterocycles. The molecule has 0 aliphatic rings. The molecule has 0 saturated heterocycles. The molecule has 0 unspecified atom stereocenters. The second kappa shape index (κ2) is 6.21. The van der Waals surface area contributed by atoms with Crippen LogP contribution in [0.2, 0.25) is 15.2 Å². The Kier molecular flexibility index (Phi) is 4.59. The van der Waals surface area contributed by atoms with Gasteiger partial charge in [0.05, 0.1) is 16.9 Å². The summed E-state index contributed by atoms with van der Waals surface area (Å²) >= 11 is 17.1. The molecule has 20 heavy (non-hydrogen) atoms. The highest BCUT2D eigenvalue weighted by molar-refractivity contribution is 6.41. The molecule has 2 aromatic heterocycles. The zero-order chi connectivity index (χ0) is 14.7. The lowest BCUT2D eigenvalue weighted by atomic mass is 10.4. The van der Waals surface area contributed by atoms with E-state index in [2.05, 4.69) is 15.4 Å². The number of halogens is 3. The highest BCUT2D eigenvalue weighted by Gasteiger charge is 2.12. The normalized spacial score (nSPS) is 10.3. The van der Waals surface area contributed by atoms with Crippen molar-refractivity contribution in [3.8, 4) is 0 Å². The first-order valence-electron chi connectivity index (χ1n) is 5.30. The summed E-state index contributed by atoms with van der Waals surface area (Å²) in [5.41, 5.74) is -0.307. The van der Waals surface area contributed by atoms with E-state index in [1.54, 1.807) is 12.1 Å². The lowest BCUT2D eigenvalue weighted by Gasteiger charge is -2.07. The van der Waals surface area contributed by atoms with E-state index in [1.807, 2.05) is 0 Å². The summed E-state index contributed by atoms with van der Waals surface area (Å²) in [6, 6.07) is 3.20. The average Bonchev–Trinajstić information content (AvgIpc) is 2.42. The van der Waals surface area contributed by atoms with E-state index in [1.165, 1.54) is 12.4 Å². The molecule has 1 N–H and O–H groups in total. The molecule has 0 radical (unpaired) electrons. The molecule has 2 heterocycles.